The van der Waals surface area contributed by atoms with Crippen molar-refractivity contribution in [2.45, 2.75) is 19.5 Å². The van der Waals surface area contributed by atoms with Crippen LogP contribution in [0.5, 0.6) is 0 Å². The maximum Gasteiger partial charge on any atom is 0.101 e. The number of halogens is 1. The molecule has 0 N–H and O–H groups in total. The molecule has 0 aliphatic carbocycles. The predicted molar refractivity (Wildman–Crippen MR) is 39.4 cm³/mol. The first-order chi connectivity index (χ1) is 3.50. The Hall–Kier alpha value is 0.520. The van der Waals surface area contributed by atoms with E-state index in [1.807, 2.05) is 13.8 Å². The molecule has 1 atom stereocenters. The van der Waals surface area contributed by atoms with Crippen molar-refractivity contribution in [1.29, 1.82) is 0 Å². The average Bonchev–Trinajstić information content (AvgIpc) is 1.67. The van der Waals surface area contributed by atoms with E-state index in [1.54, 1.807) is 6.66 Å². The molecule has 0 bridgehead atoms. The zero-order valence-electron chi connectivity index (χ0n) is 5.52. The first-order valence-electron chi connectivity index (χ1n) is 2.63. The van der Waals surface area contributed by atoms with Crippen LogP contribution in [0.3, 0.4) is 0 Å². The highest BCUT2D eigenvalue weighted by Crippen LogP contribution is 2.46. The molecule has 0 aromatic heterocycles. The number of hydrogen-bond donors (Lipinski definition) is 0. The van der Waals surface area contributed by atoms with Crippen molar-refractivity contribution in [3.05, 3.63) is 0 Å². The van der Waals surface area contributed by atoms with Crippen LogP contribution in [-0.2, 0) is 4.57 Å². The third-order valence-electron chi connectivity index (χ3n) is 1.33. The molecule has 0 aromatic carbocycles. The van der Waals surface area contributed by atoms with Gasteiger partial charge in [0.2, 0.25) is 0 Å². The van der Waals surface area contributed by atoms with Crippen LogP contribution in [0, 0.1) is 0 Å². The third-order valence-corrected chi connectivity index (χ3v) is 5.41. The van der Waals surface area contributed by atoms with Gasteiger partial charge in [-0.1, -0.05) is 13.8 Å². The Bertz CT molecular complexity index is 111. The first-order valence-corrected chi connectivity index (χ1v) is 5.57. The molecule has 0 saturated carbocycles. The molecular formula is C5H12ClOP. The third kappa shape index (κ3) is 2.19. The molecule has 0 fully saturated rings. The second-order valence-corrected chi connectivity index (χ2v) is 6.72. The van der Waals surface area contributed by atoms with E-state index in [2.05, 4.69) is 0 Å². The monoisotopic (exact) mass is 154 g/mol. The van der Waals surface area contributed by atoms with Gasteiger partial charge in [0.05, 0.1) is 5.62 Å². The minimum absolute atomic E-state index is 0.236. The Morgan fingerprint density at radius 2 is 2.00 bits per heavy atom. The largest absolute Gasteiger partial charge is 0.322 e. The van der Waals surface area contributed by atoms with Crippen molar-refractivity contribution in [3.8, 4) is 0 Å². The van der Waals surface area contributed by atoms with Gasteiger partial charge < -0.3 is 4.57 Å². The molecule has 50 valence electrons. The predicted octanol–water partition coefficient (Wildman–Crippen LogP) is 2.58. The Morgan fingerprint density at radius 1 is 1.62 bits per heavy atom. The van der Waals surface area contributed by atoms with Crippen molar-refractivity contribution in [2.24, 2.45) is 0 Å². The van der Waals surface area contributed by atoms with E-state index in [0.29, 0.717) is 5.62 Å². The van der Waals surface area contributed by atoms with E-state index in [1.165, 1.54) is 0 Å². The summed E-state index contributed by atoms with van der Waals surface area (Å²) < 4.78 is 11.2. The zero-order valence-corrected chi connectivity index (χ0v) is 7.17. The molecule has 0 rings (SSSR count). The van der Waals surface area contributed by atoms with Crippen LogP contribution in [0.2, 0.25) is 0 Å². The highest BCUT2D eigenvalue weighted by atomic mass is 35.5. The topological polar surface area (TPSA) is 17.1 Å². The summed E-state index contributed by atoms with van der Waals surface area (Å²) in [5.41, 5.74) is 0.546. The van der Waals surface area contributed by atoms with E-state index in [4.69, 9.17) is 11.6 Å². The molecule has 0 aromatic rings. The quantitative estimate of drug-likeness (QED) is 0.441. The molecule has 0 spiro atoms. The summed E-state index contributed by atoms with van der Waals surface area (Å²) in [6.45, 7) is 5.61. The van der Waals surface area contributed by atoms with Crippen molar-refractivity contribution in [1.82, 2.24) is 0 Å². The molecule has 0 amide bonds. The van der Waals surface area contributed by atoms with Crippen LogP contribution in [0.1, 0.15) is 13.8 Å². The lowest BCUT2D eigenvalue weighted by Crippen LogP contribution is -1.96. The van der Waals surface area contributed by atoms with Gasteiger partial charge in [-0.2, -0.15) is 0 Å². The molecule has 0 saturated heterocycles. The maximum absolute atomic E-state index is 11.2. The fourth-order valence-corrected chi connectivity index (χ4v) is 1.24. The van der Waals surface area contributed by atoms with Gasteiger partial charge in [-0.25, -0.2) is 0 Å². The molecule has 3 heteroatoms. The number of hydrogen-bond acceptors (Lipinski definition) is 1. The Balaban J connectivity index is 3.93. The summed E-state index contributed by atoms with van der Waals surface area (Å²) in [6, 6.07) is 0. The van der Waals surface area contributed by atoms with Gasteiger partial charge >= 0.3 is 0 Å². The molecule has 0 aliphatic rings. The fraction of sp³-hybridized carbons (Fsp3) is 1.00. The Labute approximate surface area is 55.8 Å². The molecule has 0 aliphatic heterocycles. The van der Waals surface area contributed by atoms with Gasteiger partial charge in [0, 0.05) is 5.66 Å². The van der Waals surface area contributed by atoms with Crippen LogP contribution in [0.15, 0.2) is 0 Å². The SMILES string of the molecule is CC(C)P(C)(=O)CCl. The summed E-state index contributed by atoms with van der Waals surface area (Å²) in [7, 11) is -1.98. The maximum atomic E-state index is 11.2. The van der Waals surface area contributed by atoms with E-state index in [9.17, 15) is 4.57 Å². The normalized spacial score (nSPS) is 18.6. The van der Waals surface area contributed by atoms with Gasteiger partial charge in [-0.3, -0.25) is 0 Å². The van der Waals surface area contributed by atoms with Gasteiger partial charge in [-0.05, 0) is 6.66 Å². The Morgan fingerprint density at radius 3 is 2.00 bits per heavy atom. The lowest BCUT2D eigenvalue weighted by molar-refractivity contribution is 0.575. The van der Waals surface area contributed by atoms with E-state index < -0.39 is 7.14 Å². The summed E-state index contributed by atoms with van der Waals surface area (Å²) in [6.07, 6.45) is 0. The molecule has 1 unspecified atom stereocenters. The molecule has 8 heavy (non-hydrogen) atoms. The standard InChI is InChI=1S/C5H12ClOP/c1-5(2)8(3,7)4-6/h5H,4H2,1-3H3. The van der Waals surface area contributed by atoms with Crippen molar-refractivity contribution >= 4 is 18.7 Å². The Kier molecular flexibility index (Phi) is 3.08. The van der Waals surface area contributed by atoms with Crippen molar-refractivity contribution < 1.29 is 4.57 Å². The molecule has 0 heterocycles. The minimum Gasteiger partial charge on any atom is -0.322 e. The number of alkyl halides is 1. The highest BCUT2D eigenvalue weighted by molar-refractivity contribution is 7.65. The lowest BCUT2D eigenvalue weighted by Gasteiger charge is -2.11. The summed E-state index contributed by atoms with van der Waals surface area (Å²) in [5.74, 6) is 0. The van der Waals surface area contributed by atoms with Crippen LogP contribution in [0.25, 0.3) is 0 Å². The molecular weight excluding hydrogens is 142 g/mol. The van der Waals surface area contributed by atoms with Crippen LogP contribution >= 0.6 is 18.7 Å². The zero-order chi connectivity index (χ0) is 6.78. The van der Waals surface area contributed by atoms with E-state index >= 15 is 0 Å². The smallest absolute Gasteiger partial charge is 0.101 e. The fourth-order valence-electron chi connectivity index (χ4n) is 0.138. The highest BCUT2D eigenvalue weighted by Gasteiger charge is 2.17. The average molecular weight is 155 g/mol. The van der Waals surface area contributed by atoms with Crippen LogP contribution in [0.4, 0.5) is 0 Å². The van der Waals surface area contributed by atoms with Crippen LogP contribution in [-0.4, -0.2) is 17.9 Å². The lowest BCUT2D eigenvalue weighted by atomic mass is 10.6. The number of rotatable bonds is 2. The van der Waals surface area contributed by atoms with E-state index in [0.717, 1.165) is 0 Å². The van der Waals surface area contributed by atoms with Crippen molar-refractivity contribution in [3.63, 3.8) is 0 Å². The summed E-state index contributed by atoms with van der Waals surface area (Å²) >= 11 is 5.43. The summed E-state index contributed by atoms with van der Waals surface area (Å²) in [4.78, 5) is 0. The molecule has 1 nitrogen and oxygen atoms in total. The minimum atomic E-state index is -1.98. The molecule has 0 radical (unpaired) electrons. The first kappa shape index (κ1) is 8.52. The summed E-state index contributed by atoms with van der Waals surface area (Å²) in [5, 5.41) is 0. The van der Waals surface area contributed by atoms with Crippen LogP contribution < -0.4 is 0 Å². The van der Waals surface area contributed by atoms with E-state index in [-0.39, 0.29) is 5.66 Å². The van der Waals surface area contributed by atoms with Gasteiger partial charge in [0.1, 0.15) is 7.14 Å². The second-order valence-electron chi connectivity index (χ2n) is 2.39. The van der Waals surface area contributed by atoms with Gasteiger partial charge in [0.15, 0.2) is 0 Å². The van der Waals surface area contributed by atoms with Crippen molar-refractivity contribution in [2.75, 3.05) is 12.3 Å². The second kappa shape index (κ2) is 2.89. The van der Waals surface area contributed by atoms with Gasteiger partial charge in [-0.15, -0.1) is 11.6 Å². The van der Waals surface area contributed by atoms with Gasteiger partial charge in [0.25, 0.3) is 0 Å².